The van der Waals surface area contributed by atoms with E-state index in [-0.39, 0.29) is 17.2 Å². The molecule has 1 aromatic rings. The fourth-order valence-corrected chi connectivity index (χ4v) is 9.21. The maximum Gasteiger partial charge on any atom is 0.223 e. The number of hydrogen-bond acceptors (Lipinski definition) is 5. The van der Waals surface area contributed by atoms with E-state index in [1.54, 1.807) is 11.1 Å². The molecule has 0 aromatic carbocycles. The molecule has 7 rings (SSSR count). The smallest absolute Gasteiger partial charge is 0.223 e. The van der Waals surface area contributed by atoms with Crippen LogP contribution in [-0.2, 0) is 9.63 Å². The monoisotopic (exact) mass is 530 g/mol. The lowest BCUT2D eigenvalue weighted by Gasteiger charge is -2.58. The van der Waals surface area contributed by atoms with Crippen LogP contribution in [0, 0.1) is 34.5 Å². The Labute approximate surface area is 234 Å². The number of nitrogens with zero attached hydrogens (tertiary/aromatic N) is 2. The van der Waals surface area contributed by atoms with Gasteiger partial charge in [0.05, 0.1) is 6.10 Å². The second-order valence-electron chi connectivity index (χ2n) is 13.9. The van der Waals surface area contributed by atoms with Crippen LogP contribution in [-0.4, -0.2) is 41.1 Å². The van der Waals surface area contributed by atoms with Gasteiger partial charge in [-0.3, -0.25) is 14.6 Å². The van der Waals surface area contributed by atoms with Crippen molar-refractivity contribution in [3.8, 4) is 0 Å². The Balaban J connectivity index is 0.972. The molecule has 4 fully saturated rings. The number of rotatable bonds is 6. The lowest BCUT2D eigenvalue weighted by Crippen LogP contribution is -2.52. The van der Waals surface area contributed by atoms with Crippen LogP contribution in [0.2, 0.25) is 0 Å². The molecule has 0 bridgehead atoms. The van der Waals surface area contributed by atoms with Gasteiger partial charge in [0, 0.05) is 37.4 Å². The highest BCUT2D eigenvalue weighted by Crippen LogP contribution is 2.66. The maximum atomic E-state index is 13.2. The van der Waals surface area contributed by atoms with Crippen molar-refractivity contribution >= 4 is 11.5 Å². The zero-order chi connectivity index (χ0) is 26.6. The van der Waals surface area contributed by atoms with E-state index in [0.29, 0.717) is 17.6 Å². The van der Waals surface area contributed by atoms with Crippen molar-refractivity contribution in [1.82, 2.24) is 20.9 Å². The SMILES string of the molecule is CC12CCC(NC(=O)C3CCN(NOC4CC4)CC3)CC1=CCC1[C@@H]2CCC2(C)C(c3cccnc3)=CC[C@@H]12. The van der Waals surface area contributed by atoms with Gasteiger partial charge in [0.2, 0.25) is 5.91 Å². The molecule has 1 aromatic heterocycles. The molecular weight excluding hydrogens is 484 g/mol. The number of carbonyl (C=O) groups excluding carboxylic acids is 1. The van der Waals surface area contributed by atoms with Gasteiger partial charge < -0.3 is 5.32 Å². The predicted octanol–water partition coefficient (Wildman–Crippen LogP) is 5.83. The standard InChI is InChI=1S/C33H46N4O2/c1-32-15-11-25(35-31(38)22-13-18-37(19-14-22)36-39-26-6-7-26)20-24(32)5-8-27-29-10-9-28(23-4-3-17-34-21-23)33(29,2)16-12-30(27)32/h3-5,9,17,21-22,25-27,29-30,36H,6-8,10-16,18-20H2,1-2H3,(H,35,38)/t25?,27?,29-,30-,32?,33?/m0/s1. The van der Waals surface area contributed by atoms with Gasteiger partial charge in [0.15, 0.2) is 0 Å². The normalized spacial score (nSPS) is 38.7. The molecule has 0 spiro atoms. The topological polar surface area (TPSA) is 66.5 Å². The van der Waals surface area contributed by atoms with Crippen LogP contribution in [0.4, 0.5) is 0 Å². The van der Waals surface area contributed by atoms with Gasteiger partial charge in [-0.15, -0.1) is 5.59 Å². The molecule has 2 N–H and O–H groups in total. The second-order valence-corrected chi connectivity index (χ2v) is 13.9. The van der Waals surface area contributed by atoms with Crippen molar-refractivity contribution in [1.29, 1.82) is 0 Å². The summed E-state index contributed by atoms with van der Waals surface area (Å²) in [4.78, 5) is 23.3. The molecule has 210 valence electrons. The van der Waals surface area contributed by atoms with Crippen molar-refractivity contribution in [2.45, 2.75) is 96.6 Å². The summed E-state index contributed by atoms with van der Waals surface area (Å²) in [6, 6.07) is 4.62. The molecule has 4 unspecified atom stereocenters. The molecule has 3 saturated carbocycles. The minimum absolute atomic E-state index is 0.127. The number of hydrogen-bond donors (Lipinski definition) is 2. The predicted molar refractivity (Wildman–Crippen MR) is 153 cm³/mol. The lowest BCUT2D eigenvalue weighted by atomic mass is 9.47. The summed E-state index contributed by atoms with van der Waals surface area (Å²) in [5, 5.41) is 5.62. The third kappa shape index (κ3) is 4.70. The number of hydrazine groups is 1. The molecule has 5 aliphatic carbocycles. The van der Waals surface area contributed by atoms with E-state index in [9.17, 15) is 4.79 Å². The highest BCUT2D eigenvalue weighted by atomic mass is 16.7. The maximum absolute atomic E-state index is 13.2. The van der Waals surface area contributed by atoms with Crippen LogP contribution < -0.4 is 10.9 Å². The van der Waals surface area contributed by atoms with Crippen molar-refractivity contribution < 1.29 is 9.63 Å². The van der Waals surface area contributed by atoms with Gasteiger partial charge in [-0.1, -0.05) is 37.6 Å². The van der Waals surface area contributed by atoms with Gasteiger partial charge in [-0.2, -0.15) is 0 Å². The molecule has 1 saturated heterocycles. The number of amides is 1. The van der Waals surface area contributed by atoms with Crippen molar-refractivity contribution in [2.75, 3.05) is 13.1 Å². The molecule has 39 heavy (non-hydrogen) atoms. The zero-order valence-electron chi connectivity index (χ0n) is 23.8. The highest BCUT2D eigenvalue weighted by Gasteiger charge is 2.56. The summed E-state index contributed by atoms with van der Waals surface area (Å²) < 4.78 is 0. The van der Waals surface area contributed by atoms with E-state index < -0.39 is 0 Å². The molecule has 1 aliphatic heterocycles. The van der Waals surface area contributed by atoms with E-state index in [1.165, 1.54) is 37.7 Å². The van der Waals surface area contributed by atoms with Crippen molar-refractivity contribution in [3.05, 3.63) is 47.8 Å². The molecule has 2 heterocycles. The number of allylic oxidation sites excluding steroid dienone is 3. The number of piperidine rings is 1. The first-order valence-electron chi connectivity index (χ1n) is 15.7. The van der Waals surface area contributed by atoms with Crippen LogP contribution in [0.1, 0.15) is 90.0 Å². The summed E-state index contributed by atoms with van der Waals surface area (Å²) in [5.41, 5.74) is 8.16. The Morgan fingerprint density at radius 3 is 2.59 bits per heavy atom. The van der Waals surface area contributed by atoms with E-state index in [1.807, 2.05) is 6.20 Å². The van der Waals surface area contributed by atoms with Crippen LogP contribution in [0.5, 0.6) is 0 Å². The summed E-state index contributed by atoms with van der Waals surface area (Å²) in [6.07, 6.45) is 22.0. The summed E-state index contributed by atoms with van der Waals surface area (Å²) in [7, 11) is 0. The summed E-state index contributed by atoms with van der Waals surface area (Å²) in [6.45, 7) is 6.85. The Bertz CT molecular complexity index is 1140. The van der Waals surface area contributed by atoms with Crippen molar-refractivity contribution in [3.63, 3.8) is 0 Å². The highest BCUT2D eigenvalue weighted by molar-refractivity contribution is 5.79. The summed E-state index contributed by atoms with van der Waals surface area (Å²) in [5.74, 6) is 2.66. The first-order valence-corrected chi connectivity index (χ1v) is 15.7. The second kappa shape index (κ2) is 10.1. The number of aromatic nitrogens is 1. The Morgan fingerprint density at radius 2 is 1.82 bits per heavy atom. The fourth-order valence-electron chi connectivity index (χ4n) is 9.21. The number of pyridine rings is 1. The van der Waals surface area contributed by atoms with Crippen molar-refractivity contribution in [2.24, 2.45) is 34.5 Å². The van der Waals surface area contributed by atoms with Gasteiger partial charge >= 0.3 is 0 Å². The van der Waals surface area contributed by atoms with E-state index >= 15 is 0 Å². The average Bonchev–Trinajstić information content (AvgIpc) is 3.72. The van der Waals surface area contributed by atoms with E-state index in [0.717, 1.165) is 69.4 Å². The molecule has 6 aliphatic rings. The third-order valence-corrected chi connectivity index (χ3v) is 11.7. The first kappa shape index (κ1) is 25.9. The van der Waals surface area contributed by atoms with Gasteiger partial charge in [0.25, 0.3) is 0 Å². The Morgan fingerprint density at radius 1 is 1.00 bits per heavy atom. The summed E-state index contributed by atoms with van der Waals surface area (Å²) >= 11 is 0. The number of carbonyl (C=O) groups is 1. The molecule has 0 radical (unpaired) electrons. The molecule has 6 nitrogen and oxygen atoms in total. The average molecular weight is 531 g/mol. The zero-order valence-corrected chi connectivity index (χ0v) is 23.8. The van der Waals surface area contributed by atoms with Gasteiger partial charge in [0.1, 0.15) is 0 Å². The Kier molecular flexibility index (Phi) is 6.72. The van der Waals surface area contributed by atoms with Crippen LogP contribution in [0.25, 0.3) is 5.57 Å². The number of nitrogens with one attached hydrogen (secondary N) is 2. The lowest BCUT2D eigenvalue weighted by molar-refractivity contribution is -0.132. The molecular formula is C33H46N4O2. The fraction of sp³-hybridized carbons (Fsp3) is 0.697. The largest absolute Gasteiger partial charge is 0.353 e. The van der Waals surface area contributed by atoms with E-state index in [2.05, 4.69) is 65.2 Å². The molecule has 6 heteroatoms. The van der Waals surface area contributed by atoms with Crippen LogP contribution in [0.3, 0.4) is 0 Å². The molecule has 1 amide bonds. The van der Waals surface area contributed by atoms with Crippen LogP contribution >= 0.6 is 0 Å². The quantitative estimate of drug-likeness (QED) is 0.358. The molecule has 6 atom stereocenters. The Hall–Kier alpha value is -2.02. The van der Waals surface area contributed by atoms with E-state index in [4.69, 9.17) is 4.84 Å². The minimum atomic E-state index is 0.127. The third-order valence-electron chi connectivity index (χ3n) is 11.7. The minimum Gasteiger partial charge on any atom is -0.353 e. The van der Waals surface area contributed by atoms with Gasteiger partial charge in [-0.25, -0.2) is 5.01 Å². The van der Waals surface area contributed by atoms with Gasteiger partial charge in [-0.05, 0) is 116 Å². The number of fused-ring (bicyclic) bond motifs is 5. The van der Waals surface area contributed by atoms with Crippen LogP contribution in [0.15, 0.2) is 42.3 Å². The first-order chi connectivity index (χ1) is 18.9.